The van der Waals surface area contributed by atoms with E-state index in [9.17, 15) is 12.8 Å². The van der Waals surface area contributed by atoms with Crippen LogP contribution in [0, 0.1) is 12.7 Å². The predicted octanol–water partition coefficient (Wildman–Crippen LogP) is 3.86. The van der Waals surface area contributed by atoms with Crippen LogP contribution in [0.2, 0.25) is 0 Å². The Morgan fingerprint density at radius 1 is 1.16 bits per heavy atom. The van der Waals surface area contributed by atoms with Crippen LogP contribution in [0.25, 0.3) is 0 Å². The van der Waals surface area contributed by atoms with Gasteiger partial charge in [0.1, 0.15) is 15.8 Å². The second-order valence-corrected chi connectivity index (χ2v) is 8.53. The molecule has 3 rings (SSSR count). The number of nitrogens with one attached hydrogen (secondary N) is 1. The fourth-order valence-corrected chi connectivity index (χ4v) is 4.39. The second-order valence-electron chi connectivity index (χ2n) is 5.25. The molecule has 8 heteroatoms. The number of ether oxygens (including phenoxy) is 1. The number of thiophene rings is 1. The van der Waals surface area contributed by atoms with E-state index in [1.54, 1.807) is 24.3 Å². The van der Waals surface area contributed by atoms with Crippen LogP contribution in [0.15, 0.2) is 58.9 Å². The number of benzene rings is 1. The van der Waals surface area contributed by atoms with Gasteiger partial charge >= 0.3 is 0 Å². The van der Waals surface area contributed by atoms with Crippen molar-refractivity contribution < 1.29 is 17.5 Å². The Morgan fingerprint density at radius 3 is 2.60 bits per heavy atom. The molecule has 0 amide bonds. The van der Waals surface area contributed by atoms with Gasteiger partial charge in [0.2, 0.25) is 15.9 Å². The Morgan fingerprint density at radius 2 is 1.92 bits per heavy atom. The minimum atomic E-state index is -3.55. The largest absolute Gasteiger partial charge is 0.439 e. The minimum absolute atomic E-state index is 0.113. The third-order valence-electron chi connectivity index (χ3n) is 3.28. The molecule has 2 aromatic heterocycles. The molecular formula is C17H15FN2O3S2. The van der Waals surface area contributed by atoms with E-state index in [0.29, 0.717) is 17.2 Å². The smallest absolute Gasteiger partial charge is 0.250 e. The van der Waals surface area contributed by atoms with Crippen molar-refractivity contribution in [1.29, 1.82) is 0 Å². The van der Waals surface area contributed by atoms with E-state index in [1.165, 1.54) is 41.8 Å². The third kappa shape index (κ3) is 4.62. The number of aryl methyl sites for hydroxylation is 1. The number of sulfonamides is 1. The molecular weight excluding hydrogens is 363 g/mol. The molecule has 0 fully saturated rings. The lowest BCUT2D eigenvalue weighted by atomic mass is 10.3. The first kappa shape index (κ1) is 17.5. The Hall–Kier alpha value is -2.29. The molecule has 130 valence electrons. The van der Waals surface area contributed by atoms with Crippen molar-refractivity contribution in [3.63, 3.8) is 0 Å². The maximum absolute atomic E-state index is 12.9. The fraction of sp³-hybridized carbons (Fsp3) is 0.118. The van der Waals surface area contributed by atoms with Crippen LogP contribution >= 0.6 is 11.3 Å². The summed E-state index contributed by atoms with van der Waals surface area (Å²) >= 11 is 1.22. The van der Waals surface area contributed by atoms with Crippen molar-refractivity contribution in [3.05, 3.63) is 71.0 Å². The number of pyridine rings is 1. The van der Waals surface area contributed by atoms with Crippen LogP contribution in [0.1, 0.15) is 10.4 Å². The normalized spacial score (nSPS) is 11.4. The second kappa shape index (κ2) is 7.30. The molecule has 3 aromatic rings. The molecule has 0 spiro atoms. The van der Waals surface area contributed by atoms with Crippen LogP contribution in [0.3, 0.4) is 0 Å². The van der Waals surface area contributed by atoms with E-state index in [0.717, 1.165) is 4.88 Å². The lowest BCUT2D eigenvalue weighted by molar-refractivity contribution is 0.460. The summed E-state index contributed by atoms with van der Waals surface area (Å²) in [5.41, 5.74) is 0.698. The van der Waals surface area contributed by atoms with Gasteiger partial charge < -0.3 is 4.74 Å². The van der Waals surface area contributed by atoms with E-state index in [-0.39, 0.29) is 16.6 Å². The Labute approximate surface area is 149 Å². The van der Waals surface area contributed by atoms with Crippen molar-refractivity contribution >= 4 is 21.4 Å². The molecule has 5 nitrogen and oxygen atoms in total. The average molecular weight is 378 g/mol. The molecule has 2 heterocycles. The quantitative estimate of drug-likeness (QED) is 0.707. The highest BCUT2D eigenvalue weighted by atomic mass is 32.2. The van der Waals surface area contributed by atoms with Gasteiger partial charge in [-0.15, -0.1) is 11.3 Å². The van der Waals surface area contributed by atoms with Crippen molar-refractivity contribution in [2.24, 2.45) is 0 Å². The molecule has 25 heavy (non-hydrogen) atoms. The van der Waals surface area contributed by atoms with E-state index >= 15 is 0 Å². The molecule has 0 unspecified atom stereocenters. The molecule has 0 atom stereocenters. The average Bonchev–Trinajstić information content (AvgIpc) is 3.03. The van der Waals surface area contributed by atoms with Crippen molar-refractivity contribution in [1.82, 2.24) is 9.71 Å². The molecule has 0 saturated heterocycles. The van der Waals surface area contributed by atoms with Gasteiger partial charge in [0, 0.05) is 23.7 Å². The maximum Gasteiger partial charge on any atom is 0.250 e. The molecule has 0 aliphatic rings. The predicted molar refractivity (Wildman–Crippen MR) is 93.8 cm³/mol. The van der Waals surface area contributed by atoms with Crippen molar-refractivity contribution in [3.8, 4) is 11.6 Å². The molecule has 0 aliphatic heterocycles. The number of aromatic nitrogens is 1. The summed E-state index contributed by atoms with van der Waals surface area (Å²) in [7, 11) is -3.55. The van der Waals surface area contributed by atoms with Crippen molar-refractivity contribution in [2.45, 2.75) is 17.7 Å². The Balaban J connectivity index is 1.68. The third-order valence-corrected chi connectivity index (χ3v) is 6.18. The number of halogens is 1. The monoisotopic (exact) mass is 378 g/mol. The lowest BCUT2D eigenvalue weighted by Gasteiger charge is -2.08. The van der Waals surface area contributed by atoms with Gasteiger partial charge in [-0.3, -0.25) is 0 Å². The fourth-order valence-electron chi connectivity index (χ4n) is 2.05. The molecule has 0 radical (unpaired) electrons. The number of hydrogen-bond acceptors (Lipinski definition) is 5. The van der Waals surface area contributed by atoms with E-state index < -0.39 is 10.0 Å². The lowest BCUT2D eigenvalue weighted by Crippen LogP contribution is -2.22. The Kier molecular flexibility index (Phi) is 5.12. The number of nitrogens with zero attached hydrogens (tertiary/aromatic N) is 1. The molecule has 0 bridgehead atoms. The zero-order chi connectivity index (χ0) is 17.9. The molecule has 1 N–H and O–H groups in total. The number of hydrogen-bond donors (Lipinski definition) is 1. The first-order chi connectivity index (χ1) is 11.9. The van der Waals surface area contributed by atoms with Gasteiger partial charge in [-0.25, -0.2) is 22.5 Å². The van der Waals surface area contributed by atoms with Gasteiger partial charge in [-0.05, 0) is 55.0 Å². The molecule has 0 aliphatic carbocycles. The Bertz CT molecular complexity index is 970. The van der Waals surface area contributed by atoms with Crippen LogP contribution in [-0.2, 0) is 16.6 Å². The van der Waals surface area contributed by atoms with Gasteiger partial charge in [0.25, 0.3) is 0 Å². The summed E-state index contributed by atoms with van der Waals surface area (Å²) in [6, 6.07) is 12.2. The van der Waals surface area contributed by atoms with Crippen LogP contribution in [-0.4, -0.2) is 13.4 Å². The summed E-state index contributed by atoms with van der Waals surface area (Å²) in [5.74, 6) is 0.392. The van der Waals surface area contributed by atoms with Gasteiger partial charge in [0.05, 0.1) is 0 Å². The molecule has 0 saturated carbocycles. The topological polar surface area (TPSA) is 68.3 Å². The van der Waals surface area contributed by atoms with Crippen LogP contribution in [0.5, 0.6) is 11.6 Å². The molecule has 1 aromatic carbocycles. The van der Waals surface area contributed by atoms with Crippen LogP contribution < -0.4 is 9.46 Å². The highest BCUT2D eigenvalue weighted by Crippen LogP contribution is 2.22. The minimum Gasteiger partial charge on any atom is -0.439 e. The number of rotatable bonds is 6. The SMILES string of the molecule is Cc1ccc(S(=O)(=O)NCc2ccnc(Oc3ccc(F)cc3)c2)s1. The summed E-state index contributed by atoms with van der Waals surface area (Å²) in [6.45, 7) is 1.97. The van der Waals surface area contributed by atoms with E-state index in [4.69, 9.17) is 4.74 Å². The van der Waals surface area contributed by atoms with Crippen molar-refractivity contribution in [2.75, 3.05) is 0 Å². The first-order valence-corrected chi connectivity index (χ1v) is 9.67. The van der Waals surface area contributed by atoms with E-state index in [2.05, 4.69) is 9.71 Å². The highest BCUT2D eigenvalue weighted by molar-refractivity contribution is 7.91. The van der Waals surface area contributed by atoms with Gasteiger partial charge in [-0.1, -0.05) is 0 Å². The van der Waals surface area contributed by atoms with Gasteiger partial charge in [0.15, 0.2) is 0 Å². The highest BCUT2D eigenvalue weighted by Gasteiger charge is 2.15. The summed E-state index contributed by atoms with van der Waals surface area (Å²) in [6.07, 6.45) is 1.53. The summed E-state index contributed by atoms with van der Waals surface area (Å²) in [5, 5.41) is 0. The summed E-state index contributed by atoms with van der Waals surface area (Å²) in [4.78, 5) is 5.00. The zero-order valence-electron chi connectivity index (χ0n) is 13.3. The van der Waals surface area contributed by atoms with Gasteiger partial charge in [-0.2, -0.15) is 0 Å². The summed E-state index contributed by atoms with van der Waals surface area (Å²) < 4.78 is 45.8. The standard InChI is InChI=1S/C17H15FN2O3S2/c1-12-2-7-17(24-12)25(21,22)20-11-13-8-9-19-16(10-13)23-15-5-3-14(18)4-6-15/h2-10,20H,11H2,1H3. The maximum atomic E-state index is 12.9. The van der Waals surface area contributed by atoms with Crippen LogP contribution in [0.4, 0.5) is 4.39 Å². The zero-order valence-corrected chi connectivity index (χ0v) is 14.9. The first-order valence-electron chi connectivity index (χ1n) is 7.37. The van der Waals surface area contributed by atoms with E-state index in [1.807, 2.05) is 6.92 Å².